The van der Waals surface area contributed by atoms with E-state index >= 15 is 0 Å². The van der Waals surface area contributed by atoms with E-state index in [-0.39, 0.29) is 17.4 Å². The third kappa shape index (κ3) is 4.42. The number of likely N-dealkylation sites (tertiary alicyclic amines) is 1. The molecule has 2 aliphatic rings. The van der Waals surface area contributed by atoms with Crippen LogP contribution < -0.4 is 4.74 Å². The van der Waals surface area contributed by atoms with Gasteiger partial charge in [0, 0.05) is 37.5 Å². The molecule has 0 bridgehead atoms. The van der Waals surface area contributed by atoms with E-state index in [1.165, 1.54) is 4.90 Å². The highest BCUT2D eigenvalue weighted by molar-refractivity contribution is 6.46. The van der Waals surface area contributed by atoms with Crippen molar-refractivity contribution in [3.8, 4) is 5.75 Å². The molecule has 1 amide bonds. The van der Waals surface area contributed by atoms with Crippen molar-refractivity contribution in [1.82, 2.24) is 14.5 Å². The maximum absolute atomic E-state index is 13.2. The molecule has 7 nitrogen and oxygen atoms in total. The second-order valence-electron chi connectivity index (χ2n) is 8.78. The topological polar surface area (TPSA) is 84.7 Å². The number of amides is 1. The minimum Gasteiger partial charge on any atom is -0.507 e. The highest BCUT2D eigenvalue weighted by Gasteiger charge is 2.46. The normalized spacial score (nSPS) is 20.8. The molecule has 3 aromatic rings. The van der Waals surface area contributed by atoms with Gasteiger partial charge in [-0.1, -0.05) is 29.3 Å². The monoisotopic (exact) mass is 511 g/mol. The highest BCUT2D eigenvalue weighted by Crippen LogP contribution is 2.42. The number of ether oxygens (including phenoxy) is 1. The van der Waals surface area contributed by atoms with Crippen LogP contribution in [0.25, 0.3) is 5.76 Å². The Hall–Kier alpha value is -3.29. The van der Waals surface area contributed by atoms with Gasteiger partial charge in [0.25, 0.3) is 11.7 Å². The van der Waals surface area contributed by atoms with Gasteiger partial charge in [-0.25, -0.2) is 4.98 Å². The second kappa shape index (κ2) is 9.40. The van der Waals surface area contributed by atoms with Gasteiger partial charge in [-0.15, -0.1) is 0 Å². The number of hydrogen-bond donors (Lipinski definition) is 1. The Bertz CT molecular complexity index is 1340. The summed E-state index contributed by atoms with van der Waals surface area (Å²) in [5.41, 5.74) is 2.04. The Balaban J connectivity index is 1.55. The molecule has 0 radical (unpaired) electrons. The number of nitrogens with zero attached hydrogens (tertiary/aromatic N) is 3. The van der Waals surface area contributed by atoms with Crippen molar-refractivity contribution in [1.29, 1.82) is 0 Å². The predicted octanol–water partition coefficient (Wildman–Crippen LogP) is 5.03. The maximum Gasteiger partial charge on any atom is 0.295 e. The first-order valence-corrected chi connectivity index (χ1v) is 12.1. The first kappa shape index (κ1) is 23.5. The third-order valence-electron chi connectivity index (χ3n) is 6.34. The molecule has 0 aliphatic carbocycles. The zero-order chi connectivity index (χ0) is 24.7. The number of fused-ring (bicyclic) bond motifs is 1. The smallest absolute Gasteiger partial charge is 0.295 e. The number of aliphatic hydroxyl groups is 1. The molecule has 5 rings (SSSR count). The summed E-state index contributed by atoms with van der Waals surface area (Å²) in [5.74, 6) is -0.855. The Morgan fingerprint density at radius 3 is 2.71 bits per heavy atom. The van der Waals surface area contributed by atoms with E-state index in [1.807, 2.05) is 23.8 Å². The van der Waals surface area contributed by atoms with Crippen molar-refractivity contribution < 1.29 is 19.4 Å². The lowest BCUT2D eigenvalue weighted by molar-refractivity contribution is -0.139. The average molecular weight is 512 g/mol. The summed E-state index contributed by atoms with van der Waals surface area (Å²) in [7, 11) is 0. The summed E-state index contributed by atoms with van der Waals surface area (Å²) in [6.45, 7) is 2.90. The largest absolute Gasteiger partial charge is 0.507 e. The number of aliphatic hydroxyl groups excluding tert-OH is 1. The molecule has 0 unspecified atom stereocenters. The van der Waals surface area contributed by atoms with Crippen LogP contribution in [-0.4, -0.2) is 43.9 Å². The number of rotatable bonds is 6. The van der Waals surface area contributed by atoms with Crippen molar-refractivity contribution in [2.75, 3.05) is 6.54 Å². The molecule has 1 aromatic heterocycles. The van der Waals surface area contributed by atoms with Crippen LogP contribution in [0.15, 0.2) is 60.7 Å². The third-order valence-corrected chi connectivity index (χ3v) is 7.08. The molecule has 9 heteroatoms. The molecular weight excluding hydrogens is 489 g/mol. The number of Topliss-reactive ketones (excluding diaryl/α,β-unsaturated/α-hetero) is 1. The Kier molecular flexibility index (Phi) is 6.30. The van der Waals surface area contributed by atoms with Gasteiger partial charge in [0.15, 0.2) is 0 Å². The van der Waals surface area contributed by atoms with Crippen LogP contribution in [0.4, 0.5) is 0 Å². The van der Waals surface area contributed by atoms with Crippen molar-refractivity contribution in [3.05, 3.63) is 87.4 Å². The van der Waals surface area contributed by atoms with Crippen LogP contribution >= 0.6 is 23.2 Å². The van der Waals surface area contributed by atoms with E-state index in [4.69, 9.17) is 27.9 Å². The van der Waals surface area contributed by atoms with Crippen LogP contribution in [0.3, 0.4) is 0 Å². The Morgan fingerprint density at radius 2 is 1.97 bits per heavy atom. The molecule has 1 N–H and O–H groups in total. The quantitative estimate of drug-likeness (QED) is 0.285. The van der Waals surface area contributed by atoms with Crippen LogP contribution in [0.1, 0.15) is 36.1 Å². The first-order valence-electron chi connectivity index (χ1n) is 11.3. The standard InChI is InChI=1S/C26H23Cl2N3O4/c1-15-11-18-12-17(4-6-21(18)35-15)24(32)22-23(16-3-5-19(27)20(28)13-16)31(26(34)25(22)33)9-2-8-30-10-7-29-14-30/h3-7,10,12-15,23,32H,2,8-9,11H2,1H3/t15-,23+/m1/s1. The van der Waals surface area contributed by atoms with E-state index in [2.05, 4.69) is 4.98 Å². The molecule has 1 fully saturated rings. The lowest BCUT2D eigenvalue weighted by atomic mass is 9.94. The zero-order valence-corrected chi connectivity index (χ0v) is 20.5. The van der Waals surface area contributed by atoms with Gasteiger partial charge in [0.05, 0.1) is 28.0 Å². The number of imidazole rings is 1. The molecule has 180 valence electrons. The van der Waals surface area contributed by atoms with Gasteiger partial charge in [0.1, 0.15) is 17.6 Å². The van der Waals surface area contributed by atoms with Crippen molar-refractivity contribution in [3.63, 3.8) is 0 Å². The zero-order valence-electron chi connectivity index (χ0n) is 18.9. The number of hydrogen-bond acceptors (Lipinski definition) is 5. The molecular formula is C26H23Cl2N3O4. The fraction of sp³-hybridized carbons (Fsp3) is 0.269. The van der Waals surface area contributed by atoms with Crippen LogP contribution in [0, 0.1) is 0 Å². The molecule has 2 aromatic carbocycles. The minimum atomic E-state index is -0.795. The Morgan fingerprint density at radius 1 is 1.14 bits per heavy atom. The van der Waals surface area contributed by atoms with Crippen molar-refractivity contribution >= 4 is 40.7 Å². The SMILES string of the molecule is C[C@@H]1Cc2cc(C(O)=C3C(=O)C(=O)N(CCCn4ccnc4)[C@H]3c3ccc(Cl)c(Cl)c3)ccc2O1. The van der Waals surface area contributed by atoms with Gasteiger partial charge in [-0.2, -0.15) is 0 Å². The molecule has 0 spiro atoms. The van der Waals surface area contributed by atoms with E-state index in [0.29, 0.717) is 47.1 Å². The highest BCUT2D eigenvalue weighted by atomic mass is 35.5. The molecule has 35 heavy (non-hydrogen) atoms. The first-order chi connectivity index (χ1) is 16.8. The van der Waals surface area contributed by atoms with Gasteiger partial charge in [0.2, 0.25) is 0 Å². The summed E-state index contributed by atoms with van der Waals surface area (Å²) >= 11 is 12.4. The fourth-order valence-electron chi connectivity index (χ4n) is 4.71. The minimum absolute atomic E-state index is 0.0305. The van der Waals surface area contributed by atoms with Crippen LogP contribution in [0.5, 0.6) is 5.75 Å². The van der Waals surface area contributed by atoms with Gasteiger partial charge in [-0.3, -0.25) is 9.59 Å². The van der Waals surface area contributed by atoms with Crippen molar-refractivity contribution in [2.24, 2.45) is 0 Å². The Labute approximate surface area is 212 Å². The summed E-state index contributed by atoms with van der Waals surface area (Å²) in [6.07, 6.45) is 6.56. The molecule has 2 atom stereocenters. The molecule has 2 aliphatic heterocycles. The summed E-state index contributed by atoms with van der Waals surface area (Å²) in [6, 6.07) is 9.48. The van der Waals surface area contributed by atoms with E-state index in [0.717, 1.165) is 11.3 Å². The summed E-state index contributed by atoms with van der Waals surface area (Å²) in [5, 5.41) is 12.0. The van der Waals surface area contributed by atoms with Gasteiger partial charge >= 0.3 is 0 Å². The second-order valence-corrected chi connectivity index (χ2v) is 9.59. The molecule has 0 saturated carbocycles. The number of aryl methyl sites for hydroxylation is 1. The number of benzene rings is 2. The maximum atomic E-state index is 13.2. The van der Waals surface area contributed by atoms with E-state index in [9.17, 15) is 14.7 Å². The number of aromatic nitrogens is 2. The van der Waals surface area contributed by atoms with Gasteiger partial charge < -0.3 is 19.3 Å². The average Bonchev–Trinajstić information content (AvgIpc) is 3.54. The summed E-state index contributed by atoms with van der Waals surface area (Å²) < 4.78 is 7.65. The lowest BCUT2D eigenvalue weighted by Crippen LogP contribution is -2.31. The van der Waals surface area contributed by atoms with Gasteiger partial charge in [-0.05, 0) is 54.8 Å². The lowest BCUT2D eigenvalue weighted by Gasteiger charge is -2.25. The molecule has 3 heterocycles. The fourth-order valence-corrected chi connectivity index (χ4v) is 5.01. The van der Waals surface area contributed by atoms with E-state index in [1.54, 1.807) is 42.9 Å². The predicted molar refractivity (Wildman–Crippen MR) is 133 cm³/mol. The van der Waals surface area contributed by atoms with Crippen LogP contribution in [-0.2, 0) is 22.6 Å². The summed E-state index contributed by atoms with van der Waals surface area (Å²) in [4.78, 5) is 31.9. The van der Waals surface area contributed by atoms with Crippen molar-refractivity contribution in [2.45, 2.75) is 38.5 Å². The van der Waals surface area contributed by atoms with E-state index < -0.39 is 17.7 Å². The van der Waals surface area contributed by atoms with Crippen LogP contribution in [0.2, 0.25) is 10.0 Å². The number of carbonyl (C=O) groups is 2. The number of carbonyl (C=O) groups excluding carboxylic acids is 2. The molecule has 1 saturated heterocycles. The number of halogens is 2. The number of ketones is 1.